The van der Waals surface area contributed by atoms with Crippen LogP contribution in [0.25, 0.3) is 0 Å². The molecule has 68 valence electrons. The molecular weight excluding hydrogens is 390 g/mol. The molecule has 0 aromatic heterocycles. The minimum absolute atomic E-state index is 0.315. The zero-order valence-corrected chi connectivity index (χ0v) is 11.3. The summed E-state index contributed by atoms with van der Waals surface area (Å²) in [5.74, 6) is 0.315. The fourth-order valence-electron chi connectivity index (χ4n) is 1.63. The van der Waals surface area contributed by atoms with Crippen molar-refractivity contribution in [3.05, 3.63) is 30.4 Å². The van der Waals surface area contributed by atoms with Crippen molar-refractivity contribution in [3.63, 3.8) is 0 Å². The number of Topliss-reactive ketones (excluding diaryl/α,β-unsaturated/α-hetero) is 1. The van der Waals surface area contributed by atoms with Crippen LogP contribution in [0, 0.1) is 7.14 Å². The number of fused-ring (bicyclic) bond motifs is 1. The minimum Gasteiger partial charge on any atom is -0.294 e. The van der Waals surface area contributed by atoms with Gasteiger partial charge in [-0.2, -0.15) is 0 Å². The highest BCUT2D eigenvalue weighted by molar-refractivity contribution is 14.1. The zero-order chi connectivity index (χ0) is 9.42. The number of hydrogen-bond acceptors (Lipinski definition) is 1. The Morgan fingerprint density at radius 1 is 1.08 bits per heavy atom. The summed E-state index contributed by atoms with van der Waals surface area (Å²) in [5.41, 5.74) is 2.19. The number of carbonyl (C=O) groups excluding carboxylic acids is 1. The smallest absolute Gasteiger partial charge is 0.163 e. The third kappa shape index (κ3) is 1.91. The molecule has 0 atom stereocenters. The molecule has 0 saturated carbocycles. The van der Waals surface area contributed by atoms with E-state index >= 15 is 0 Å². The van der Waals surface area contributed by atoms with E-state index in [9.17, 15) is 4.79 Å². The van der Waals surface area contributed by atoms with Crippen molar-refractivity contribution in [2.45, 2.75) is 19.3 Å². The van der Waals surface area contributed by atoms with Crippen LogP contribution < -0.4 is 0 Å². The highest BCUT2D eigenvalue weighted by Crippen LogP contribution is 2.26. The van der Waals surface area contributed by atoms with Gasteiger partial charge in [0.15, 0.2) is 5.78 Å². The molecule has 0 fully saturated rings. The Morgan fingerprint density at radius 3 is 2.54 bits per heavy atom. The Morgan fingerprint density at radius 2 is 1.77 bits per heavy atom. The van der Waals surface area contributed by atoms with Gasteiger partial charge in [0.1, 0.15) is 0 Å². The summed E-state index contributed by atoms with van der Waals surface area (Å²) in [6.45, 7) is 0. The van der Waals surface area contributed by atoms with Crippen LogP contribution in [-0.4, -0.2) is 5.78 Å². The van der Waals surface area contributed by atoms with Crippen LogP contribution >= 0.6 is 45.2 Å². The molecule has 0 amide bonds. The Labute approximate surface area is 105 Å². The molecule has 0 saturated heterocycles. The molecule has 0 bridgehead atoms. The van der Waals surface area contributed by atoms with Crippen molar-refractivity contribution >= 4 is 51.0 Å². The molecule has 0 heterocycles. The highest BCUT2D eigenvalue weighted by Gasteiger charge is 2.18. The van der Waals surface area contributed by atoms with E-state index in [0.29, 0.717) is 5.78 Å². The SMILES string of the molecule is O=C1CCCc2cc(I)c(I)cc21. The van der Waals surface area contributed by atoms with Gasteiger partial charge >= 0.3 is 0 Å². The van der Waals surface area contributed by atoms with Gasteiger partial charge in [0.05, 0.1) is 0 Å². The van der Waals surface area contributed by atoms with Gasteiger partial charge in [-0.3, -0.25) is 4.79 Å². The predicted octanol–water partition coefficient (Wildman–Crippen LogP) is 3.41. The molecule has 0 radical (unpaired) electrons. The second kappa shape index (κ2) is 3.84. The van der Waals surface area contributed by atoms with Gasteiger partial charge in [-0.25, -0.2) is 0 Å². The topological polar surface area (TPSA) is 17.1 Å². The number of aryl methyl sites for hydroxylation is 1. The number of hydrogen-bond donors (Lipinski definition) is 0. The van der Waals surface area contributed by atoms with E-state index in [2.05, 4.69) is 51.2 Å². The van der Waals surface area contributed by atoms with Crippen LogP contribution in [0.3, 0.4) is 0 Å². The summed E-state index contributed by atoms with van der Waals surface area (Å²) in [6, 6.07) is 4.17. The average Bonchev–Trinajstić information content (AvgIpc) is 2.09. The number of halogens is 2. The largest absolute Gasteiger partial charge is 0.294 e. The molecule has 1 aliphatic carbocycles. The molecule has 13 heavy (non-hydrogen) atoms. The van der Waals surface area contributed by atoms with Crippen LogP contribution in [0.15, 0.2) is 12.1 Å². The van der Waals surface area contributed by atoms with Crippen LogP contribution in [-0.2, 0) is 6.42 Å². The fourth-order valence-corrected chi connectivity index (χ4v) is 2.63. The molecule has 1 aromatic carbocycles. The van der Waals surface area contributed by atoms with Crippen LogP contribution in [0.2, 0.25) is 0 Å². The first-order valence-corrected chi connectivity index (χ1v) is 6.35. The van der Waals surface area contributed by atoms with E-state index in [1.165, 1.54) is 12.7 Å². The molecule has 0 N–H and O–H groups in total. The second-order valence-electron chi connectivity index (χ2n) is 3.20. The van der Waals surface area contributed by atoms with Gasteiger partial charge in [-0.15, -0.1) is 0 Å². The highest BCUT2D eigenvalue weighted by atomic mass is 127. The van der Waals surface area contributed by atoms with Gasteiger partial charge in [0, 0.05) is 19.1 Å². The molecule has 1 nitrogen and oxygen atoms in total. The molecule has 0 spiro atoms. The lowest BCUT2D eigenvalue weighted by Gasteiger charge is -2.15. The Hall–Kier alpha value is 0.350. The number of ketones is 1. The Balaban J connectivity index is 2.58. The van der Waals surface area contributed by atoms with E-state index in [4.69, 9.17) is 0 Å². The van der Waals surface area contributed by atoms with Gasteiger partial charge in [0.25, 0.3) is 0 Å². The van der Waals surface area contributed by atoms with E-state index in [1.54, 1.807) is 0 Å². The summed E-state index contributed by atoms with van der Waals surface area (Å²) in [6.07, 6.45) is 2.81. The summed E-state index contributed by atoms with van der Waals surface area (Å²) >= 11 is 4.60. The van der Waals surface area contributed by atoms with E-state index in [0.717, 1.165) is 24.8 Å². The summed E-state index contributed by atoms with van der Waals surface area (Å²) in [4.78, 5) is 11.5. The van der Waals surface area contributed by atoms with E-state index in [-0.39, 0.29) is 0 Å². The van der Waals surface area contributed by atoms with Crippen molar-refractivity contribution in [1.82, 2.24) is 0 Å². The molecule has 1 aromatic rings. The molecule has 3 heteroatoms. The van der Waals surface area contributed by atoms with Gasteiger partial charge in [-0.05, 0) is 75.7 Å². The molecular formula is C10H8I2O. The zero-order valence-electron chi connectivity index (χ0n) is 6.94. The third-order valence-corrected chi connectivity index (χ3v) is 5.11. The van der Waals surface area contributed by atoms with Crippen molar-refractivity contribution in [2.75, 3.05) is 0 Å². The molecule has 2 rings (SSSR count). The predicted molar refractivity (Wildman–Crippen MR) is 69.1 cm³/mol. The summed E-state index contributed by atoms with van der Waals surface area (Å²) in [7, 11) is 0. The molecule has 0 aliphatic heterocycles. The number of carbonyl (C=O) groups is 1. The van der Waals surface area contributed by atoms with Crippen molar-refractivity contribution in [2.24, 2.45) is 0 Å². The maximum Gasteiger partial charge on any atom is 0.163 e. The third-order valence-electron chi connectivity index (χ3n) is 2.30. The minimum atomic E-state index is 0.315. The lowest BCUT2D eigenvalue weighted by Crippen LogP contribution is -2.11. The van der Waals surface area contributed by atoms with Crippen LogP contribution in [0.1, 0.15) is 28.8 Å². The van der Waals surface area contributed by atoms with Gasteiger partial charge in [0.2, 0.25) is 0 Å². The second-order valence-corrected chi connectivity index (χ2v) is 5.52. The van der Waals surface area contributed by atoms with E-state index < -0.39 is 0 Å². The molecule has 0 unspecified atom stereocenters. The summed E-state index contributed by atoms with van der Waals surface area (Å²) < 4.78 is 2.44. The van der Waals surface area contributed by atoms with E-state index in [1.807, 2.05) is 6.07 Å². The number of benzene rings is 1. The lowest BCUT2D eigenvalue weighted by atomic mass is 9.91. The van der Waals surface area contributed by atoms with Gasteiger partial charge in [-0.1, -0.05) is 0 Å². The van der Waals surface area contributed by atoms with Crippen molar-refractivity contribution in [3.8, 4) is 0 Å². The average molecular weight is 398 g/mol. The first-order chi connectivity index (χ1) is 6.18. The van der Waals surface area contributed by atoms with Crippen molar-refractivity contribution in [1.29, 1.82) is 0 Å². The van der Waals surface area contributed by atoms with Gasteiger partial charge < -0.3 is 0 Å². The fraction of sp³-hybridized carbons (Fsp3) is 0.300. The Kier molecular flexibility index (Phi) is 2.92. The summed E-state index contributed by atoms with van der Waals surface area (Å²) in [5, 5.41) is 0. The first kappa shape index (κ1) is 9.89. The standard InChI is InChI=1S/C10H8I2O/c11-8-4-6-2-1-3-10(13)7(6)5-9(8)12/h4-5H,1-3H2. The van der Waals surface area contributed by atoms with Crippen LogP contribution in [0.5, 0.6) is 0 Å². The first-order valence-electron chi connectivity index (χ1n) is 4.19. The number of rotatable bonds is 0. The molecule has 1 aliphatic rings. The maximum atomic E-state index is 11.5. The lowest BCUT2D eigenvalue weighted by molar-refractivity contribution is 0.0972. The normalized spacial score (nSPS) is 15.7. The quantitative estimate of drug-likeness (QED) is 0.613. The van der Waals surface area contributed by atoms with Crippen LogP contribution in [0.4, 0.5) is 0 Å². The monoisotopic (exact) mass is 398 g/mol. The Bertz CT molecular complexity index is 371. The van der Waals surface area contributed by atoms with Crippen molar-refractivity contribution < 1.29 is 4.79 Å². The maximum absolute atomic E-state index is 11.5.